The maximum Gasteiger partial charge on any atom is 0.244 e. The van der Waals surface area contributed by atoms with Gasteiger partial charge in [-0.15, -0.1) is 0 Å². The van der Waals surface area contributed by atoms with E-state index in [-0.39, 0.29) is 12.5 Å². The standard InChI is InChI=1S/C24H31BrClN3O4S/c1-16-20(26)8-7-9-21(16)29(34(6,32)33)15-22(30)28(14-18-10-12-19(25)13-11-18)17(2)23(31)27-24(3,4)5/h7-13,17H,14-15H2,1-6H3,(H,27,31)/t17-/m0/s1. The number of amides is 2. The van der Waals surface area contributed by atoms with E-state index in [0.29, 0.717) is 16.3 Å². The Morgan fingerprint density at radius 3 is 2.24 bits per heavy atom. The van der Waals surface area contributed by atoms with Crippen LogP contribution in [-0.4, -0.2) is 49.5 Å². The molecule has 1 atom stereocenters. The van der Waals surface area contributed by atoms with Crippen molar-refractivity contribution < 1.29 is 18.0 Å². The molecular weight excluding hydrogens is 542 g/mol. The first kappa shape index (κ1) is 28.1. The number of nitrogens with one attached hydrogen (secondary N) is 1. The number of carbonyl (C=O) groups is 2. The van der Waals surface area contributed by atoms with E-state index in [1.54, 1.807) is 32.0 Å². The minimum atomic E-state index is -3.82. The molecule has 10 heteroatoms. The van der Waals surface area contributed by atoms with Crippen molar-refractivity contribution in [1.82, 2.24) is 10.2 Å². The molecule has 1 N–H and O–H groups in total. The molecule has 2 rings (SSSR count). The second kappa shape index (κ2) is 11.1. The Balaban J connectivity index is 2.44. The van der Waals surface area contributed by atoms with E-state index < -0.39 is 34.1 Å². The summed E-state index contributed by atoms with van der Waals surface area (Å²) >= 11 is 9.60. The number of hydrogen-bond acceptors (Lipinski definition) is 4. The van der Waals surface area contributed by atoms with Crippen LogP contribution >= 0.6 is 27.5 Å². The molecule has 0 radical (unpaired) electrons. The van der Waals surface area contributed by atoms with Crippen LogP contribution in [0.15, 0.2) is 46.9 Å². The molecule has 0 fully saturated rings. The van der Waals surface area contributed by atoms with Gasteiger partial charge in [-0.3, -0.25) is 13.9 Å². The predicted octanol–water partition coefficient (Wildman–Crippen LogP) is 4.51. The molecule has 0 bridgehead atoms. The number of hydrogen-bond donors (Lipinski definition) is 1. The summed E-state index contributed by atoms with van der Waals surface area (Å²) in [5, 5.41) is 3.28. The number of nitrogens with zero attached hydrogens (tertiary/aromatic N) is 2. The Morgan fingerprint density at radius 2 is 1.71 bits per heavy atom. The molecule has 0 saturated carbocycles. The zero-order valence-corrected chi connectivity index (χ0v) is 23.4. The van der Waals surface area contributed by atoms with Crippen molar-refractivity contribution in [1.29, 1.82) is 0 Å². The van der Waals surface area contributed by atoms with Gasteiger partial charge in [-0.25, -0.2) is 8.42 Å². The summed E-state index contributed by atoms with van der Waals surface area (Å²) in [5.74, 6) is -0.841. The van der Waals surface area contributed by atoms with Crippen LogP contribution in [0.2, 0.25) is 5.02 Å². The van der Waals surface area contributed by atoms with Crippen molar-refractivity contribution in [2.24, 2.45) is 0 Å². The predicted molar refractivity (Wildman–Crippen MR) is 140 cm³/mol. The number of carbonyl (C=O) groups excluding carboxylic acids is 2. The Kier molecular flexibility index (Phi) is 9.18. The summed E-state index contributed by atoms with van der Waals surface area (Å²) in [5.41, 5.74) is 1.17. The molecular formula is C24H31BrClN3O4S. The summed E-state index contributed by atoms with van der Waals surface area (Å²) in [6, 6.07) is 11.4. The third-order valence-electron chi connectivity index (χ3n) is 5.12. The molecule has 7 nitrogen and oxygen atoms in total. The van der Waals surface area contributed by atoms with Gasteiger partial charge in [0.25, 0.3) is 0 Å². The van der Waals surface area contributed by atoms with Crippen molar-refractivity contribution >= 4 is 55.1 Å². The topological polar surface area (TPSA) is 86.8 Å². The molecule has 186 valence electrons. The average molecular weight is 573 g/mol. The van der Waals surface area contributed by atoms with E-state index in [1.807, 2.05) is 45.0 Å². The van der Waals surface area contributed by atoms with Crippen LogP contribution in [0.3, 0.4) is 0 Å². The van der Waals surface area contributed by atoms with Crippen molar-refractivity contribution in [2.75, 3.05) is 17.1 Å². The SMILES string of the molecule is Cc1c(Cl)cccc1N(CC(=O)N(Cc1ccc(Br)cc1)[C@@H](C)C(=O)NC(C)(C)C)S(C)(=O)=O. The van der Waals surface area contributed by atoms with Gasteiger partial charge in [-0.1, -0.05) is 45.7 Å². The van der Waals surface area contributed by atoms with Crippen LogP contribution in [-0.2, 0) is 26.2 Å². The van der Waals surface area contributed by atoms with Crippen molar-refractivity contribution in [3.63, 3.8) is 0 Å². The number of halogens is 2. The van der Waals surface area contributed by atoms with E-state index in [4.69, 9.17) is 11.6 Å². The van der Waals surface area contributed by atoms with Gasteiger partial charge in [0.15, 0.2) is 0 Å². The first-order valence-corrected chi connectivity index (χ1v) is 13.7. The van der Waals surface area contributed by atoms with Crippen LogP contribution in [0.4, 0.5) is 5.69 Å². The smallest absolute Gasteiger partial charge is 0.244 e. The maximum absolute atomic E-state index is 13.6. The lowest BCUT2D eigenvalue weighted by atomic mass is 10.1. The number of rotatable bonds is 8. The van der Waals surface area contributed by atoms with Crippen LogP contribution in [0, 0.1) is 6.92 Å². The summed E-state index contributed by atoms with van der Waals surface area (Å²) in [6.07, 6.45) is 1.04. The zero-order valence-electron chi connectivity index (χ0n) is 20.2. The fourth-order valence-electron chi connectivity index (χ4n) is 3.30. The highest BCUT2D eigenvalue weighted by Gasteiger charge is 2.31. The Hall–Kier alpha value is -2.10. The lowest BCUT2D eigenvalue weighted by Gasteiger charge is -2.33. The maximum atomic E-state index is 13.6. The lowest BCUT2D eigenvalue weighted by molar-refractivity contribution is -0.140. The van der Waals surface area contributed by atoms with E-state index >= 15 is 0 Å². The summed E-state index contributed by atoms with van der Waals surface area (Å²) in [4.78, 5) is 27.9. The van der Waals surface area contributed by atoms with E-state index in [2.05, 4.69) is 21.2 Å². The van der Waals surface area contributed by atoms with Crippen LogP contribution < -0.4 is 9.62 Å². The van der Waals surface area contributed by atoms with Crippen LogP contribution in [0.5, 0.6) is 0 Å². The molecule has 0 aliphatic carbocycles. The van der Waals surface area contributed by atoms with Gasteiger partial charge in [0.2, 0.25) is 21.8 Å². The fourth-order valence-corrected chi connectivity index (χ4v) is 4.64. The average Bonchev–Trinajstić information content (AvgIpc) is 2.71. The molecule has 2 aromatic rings. The molecule has 0 saturated heterocycles. The van der Waals surface area contributed by atoms with Gasteiger partial charge in [-0.2, -0.15) is 0 Å². The van der Waals surface area contributed by atoms with Crippen molar-refractivity contribution in [2.45, 2.75) is 52.7 Å². The van der Waals surface area contributed by atoms with Crippen LogP contribution in [0.25, 0.3) is 0 Å². The highest BCUT2D eigenvalue weighted by atomic mass is 79.9. The van der Waals surface area contributed by atoms with Gasteiger partial charge < -0.3 is 10.2 Å². The summed E-state index contributed by atoms with van der Waals surface area (Å²) in [7, 11) is -3.82. The highest BCUT2D eigenvalue weighted by Crippen LogP contribution is 2.28. The number of sulfonamides is 1. The number of benzene rings is 2. The van der Waals surface area contributed by atoms with E-state index in [1.165, 1.54) is 4.90 Å². The molecule has 0 aromatic heterocycles. The molecule has 0 spiro atoms. The lowest BCUT2D eigenvalue weighted by Crippen LogP contribution is -2.54. The minimum absolute atomic E-state index is 0.136. The second-order valence-corrected chi connectivity index (χ2v) is 12.4. The zero-order chi connectivity index (χ0) is 25.8. The number of anilines is 1. The van der Waals surface area contributed by atoms with Gasteiger partial charge >= 0.3 is 0 Å². The molecule has 0 aliphatic heterocycles. The summed E-state index contributed by atoms with van der Waals surface area (Å²) in [6.45, 7) is 8.55. The molecule has 0 aliphatic rings. The Morgan fingerprint density at radius 1 is 1.12 bits per heavy atom. The molecule has 2 amide bonds. The van der Waals surface area contributed by atoms with Gasteiger partial charge in [-0.05, 0) is 70.0 Å². The van der Waals surface area contributed by atoms with Gasteiger partial charge in [0.05, 0.1) is 11.9 Å². The Bertz CT molecular complexity index is 1150. The van der Waals surface area contributed by atoms with Crippen LogP contribution in [0.1, 0.15) is 38.8 Å². The molecule has 0 heterocycles. The normalized spacial score (nSPS) is 12.7. The largest absolute Gasteiger partial charge is 0.350 e. The quantitative estimate of drug-likeness (QED) is 0.504. The van der Waals surface area contributed by atoms with Gasteiger partial charge in [0, 0.05) is 21.6 Å². The molecule has 0 unspecified atom stereocenters. The minimum Gasteiger partial charge on any atom is -0.350 e. The Labute approximate surface area is 215 Å². The molecule has 34 heavy (non-hydrogen) atoms. The first-order chi connectivity index (χ1) is 15.6. The molecule has 2 aromatic carbocycles. The van der Waals surface area contributed by atoms with Crippen molar-refractivity contribution in [3.8, 4) is 0 Å². The van der Waals surface area contributed by atoms with Crippen molar-refractivity contribution in [3.05, 3.63) is 63.1 Å². The highest BCUT2D eigenvalue weighted by molar-refractivity contribution is 9.10. The van der Waals surface area contributed by atoms with Gasteiger partial charge in [0.1, 0.15) is 12.6 Å². The monoisotopic (exact) mass is 571 g/mol. The third-order valence-corrected chi connectivity index (χ3v) is 7.18. The van der Waals surface area contributed by atoms with E-state index in [9.17, 15) is 18.0 Å². The third kappa shape index (κ3) is 7.71. The fraction of sp³-hybridized carbons (Fsp3) is 0.417. The second-order valence-electron chi connectivity index (χ2n) is 9.22. The first-order valence-electron chi connectivity index (χ1n) is 10.7. The van der Waals surface area contributed by atoms with E-state index in [0.717, 1.165) is 20.6 Å². The summed E-state index contributed by atoms with van der Waals surface area (Å²) < 4.78 is 27.2.